The molecule has 1 unspecified atom stereocenters. The molecule has 0 amide bonds. The molecule has 1 saturated carbocycles. The normalized spacial score (nSPS) is 19.9. The van der Waals surface area contributed by atoms with Gasteiger partial charge in [-0.05, 0) is 37.1 Å². The number of carbonyl (C=O) groups is 1. The average molecular weight is 291 g/mol. The number of hydrogen-bond acceptors (Lipinski definition) is 4. The Morgan fingerprint density at radius 3 is 2.75 bits per heavy atom. The fourth-order valence-corrected chi connectivity index (χ4v) is 2.64. The maximum absolute atomic E-state index is 12.1. The van der Waals surface area contributed by atoms with E-state index in [-0.39, 0.29) is 11.7 Å². The van der Waals surface area contributed by atoms with Crippen LogP contribution in [0.3, 0.4) is 0 Å². The summed E-state index contributed by atoms with van der Waals surface area (Å²) in [6, 6.07) is 7.24. The maximum atomic E-state index is 12.1. The summed E-state index contributed by atoms with van der Waals surface area (Å²) in [5.74, 6) is 0.940. The summed E-state index contributed by atoms with van der Waals surface area (Å²) < 4.78 is 5.30. The fraction of sp³-hybridized carbons (Fsp3) is 0.400. The number of ketones is 1. The van der Waals surface area contributed by atoms with E-state index >= 15 is 0 Å². The van der Waals surface area contributed by atoms with Crippen LogP contribution < -0.4 is 0 Å². The van der Waals surface area contributed by atoms with Gasteiger partial charge in [-0.3, -0.25) is 4.79 Å². The molecule has 0 aliphatic heterocycles. The minimum absolute atomic E-state index is 0.216. The van der Waals surface area contributed by atoms with Gasteiger partial charge in [0.05, 0.1) is 5.92 Å². The number of rotatable bonds is 2. The third-order valence-electron chi connectivity index (χ3n) is 3.65. The highest BCUT2D eigenvalue weighted by Gasteiger charge is 2.27. The van der Waals surface area contributed by atoms with E-state index < -0.39 is 0 Å². The van der Waals surface area contributed by atoms with Crippen LogP contribution in [0.4, 0.5) is 0 Å². The summed E-state index contributed by atoms with van der Waals surface area (Å²) in [6.07, 6.45) is 4.52. The molecule has 1 atom stereocenters. The molecule has 1 aromatic carbocycles. The molecule has 0 N–H and O–H groups in total. The molecule has 4 nitrogen and oxygen atoms in total. The van der Waals surface area contributed by atoms with Gasteiger partial charge in [0.1, 0.15) is 5.78 Å². The first-order valence-electron chi connectivity index (χ1n) is 6.86. The SMILES string of the molecule is O=C1CCCCCC1c1nc(-c2ccc(Cl)cc2)no1. The fourth-order valence-electron chi connectivity index (χ4n) is 2.51. The van der Waals surface area contributed by atoms with Crippen molar-refractivity contribution in [2.45, 2.75) is 38.0 Å². The van der Waals surface area contributed by atoms with Crippen LogP contribution >= 0.6 is 11.6 Å². The Morgan fingerprint density at radius 1 is 1.15 bits per heavy atom. The lowest BCUT2D eigenvalue weighted by Crippen LogP contribution is -2.10. The van der Waals surface area contributed by atoms with Crippen molar-refractivity contribution in [3.8, 4) is 11.4 Å². The van der Waals surface area contributed by atoms with E-state index in [4.69, 9.17) is 16.1 Å². The third kappa shape index (κ3) is 2.75. The van der Waals surface area contributed by atoms with Gasteiger partial charge in [-0.25, -0.2) is 0 Å². The van der Waals surface area contributed by atoms with Crippen LogP contribution in [-0.2, 0) is 4.79 Å². The van der Waals surface area contributed by atoms with Gasteiger partial charge >= 0.3 is 0 Å². The number of hydrogen-bond donors (Lipinski definition) is 0. The molecule has 2 aromatic rings. The Labute approximate surface area is 122 Å². The first-order chi connectivity index (χ1) is 9.74. The summed E-state index contributed by atoms with van der Waals surface area (Å²) in [5, 5.41) is 4.64. The predicted octanol–water partition coefficient (Wildman–Crippen LogP) is 4.01. The molecule has 0 spiro atoms. The summed E-state index contributed by atoms with van der Waals surface area (Å²) in [6.45, 7) is 0. The predicted molar refractivity (Wildman–Crippen MR) is 75.6 cm³/mol. The molecule has 3 rings (SSSR count). The van der Waals surface area contributed by atoms with Gasteiger partial charge in [0.25, 0.3) is 0 Å². The lowest BCUT2D eigenvalue weighted by molar-refractivity contribution is -0.120. The van der Waals surface area contributed by atoms with E-state index in [9.17, 15) is 4.79 Å². The molecule has 1 heterocycles. The highest BCUT2D eigenvalue weighted by molar-refractivity contribution is 6.30. The number of nitrogens with zero attached hydrogens (tertiary/aromatic N) is 2. The molecule has 1 aliphatic carbocycles. The molecule has 20 heavy (non-hydrogen) atoms. The molecule has 0 saturated heterocycles. The van der Waals surface area contributed by atoms with Crippen LogP contribution in [0.15, 0.2) is 28.8 Å². The first-order valence-corrected chi connectivity index (χ1v) is 7.24. The summed E-state index contributed by atoms with van der Waals surface area (Å²) in [4.78, 5) is 16.4. The van der Waals surface area contributed by atoms with Crippen molar-refractivity contribution in [1.82, 2.24) is 10.1 Å². The standard InChI is InChI=1S/C15H15ClN2O2/c16-11-8-6-10(7-9-11)14-17-15(20-18-14)12-4-2-1-3-5-13(12)19/h6-9,12H,1-5H2. The summed E-state index contributed by atoms with van der Waals surface area (Å²) in [5.41, 5.74) is 0.838. The first kappa shape index (κ1) is 13.3. The van der Waals surface area contributed by atoms with Crippen molar-refractivity contribution in [3.05, 3.63) is 35.2 Å². The Bertz CT molecular complexity index is 607. The average Bonchev–Trinajstić information content (AvgIpc) is 2.83. The molecular formula is C15H15ClN2O2. The van der Waals surface area contributed by atoms with Crippen LogP contribution in [0.2, 0.25) is 5.02 Å². The van der Waals surface area contributed by atoms with Crippen molar-refractivity contribution >= 4 is 17.4 Å². The van der Waals surface area contributed by atoms with Crippen molar-refractivity contribution in [2.24, 2.45) is 0 Å². The molecule has 1 fully saturated rings. The Morgan fingerprint density at radius 2 is 1.95 bits per heavy atom. The van der Waals surface area contributed by atoms with Gasteiger partial charge in [0.15, 0.2) is 0 Å². The Balaban J connectivity index is 1.85. The van der Waals surface area contributed by atoms with E-state index in [1.54, 1.807) is 12.1 Å². The smallest absolute Gasteiger partial charge is 0.237 e. The summed E-state index contributed by atoms with van der Waals surface area (Å²) in [7, 11) is 0. The van der Waals surface area contributed by atoms with Crippen molar-refractivity contribution in [2.75, 3.05) is 0 Å². The zero-order valence-electron chi connectivity index (χ0n) is 11.0. The van der Waals surface area contributed by atoms with E-state index in [2.05, 4.69) is 10.1 Å². The molecular weight excluding hydrogens is 276 g/mol. The van der Waals surface area contributed by atoms with Crippen LogP contribution in [0.25, 0.3) is 11.4 Å². The highest BCUT2D eigenvalue weighted by Crippen LogP contribution is 2.29. The van der Waals surface area contributed by atoms with E-state index in [0.717, 1.165) is 31.2 Å². The monoisotopic (exact) mass is 290 g/mol. The number of Topliss-reactive ketones (excluding diaryl/α,β-unsaturated/α-hetero) is 1. The van der Waals surface area contributed by atoms with Crippen LogP contribution in [0.5, 0.6) is 0 Å². The van der Waals surface area contributed by atoms with Gasteiger partial charge in [-0.2, -0.15) is 4.98 Å². The number of benzene rings is 1. The Kier molecular flexibility index (Phi) is 3.83. The maximum Gasteiger partial charge on any atom is 0.237 e. The van der Waals surface area contributed by atoms with Gasteiger partial charge in [-0.15, -0.1) is 0 Å². The minimum Gasteiger partial charge on any atom is -0.338 e. The highest BCUT2D eigenvalue weighted by atomic mass is 35.5. The van der Waals surface area contributed by atoms with Crippen LogP contribution in [-0.4, -0.2) is 15.9 Å². The summed E-state index contributed by atoms with van der Waals surface area (Å²) >= 11 is 5.85. The topological polar surface area (TPSA) is 56.0 Å². The molecule has 1 aliphatic rings. The molecule has 104 valence electrons. The Hall–Kier alpha value is -1.68. The lowest BCUT2D eigenvalue weighted by Gasteiger charge is -2.06. The van der Waals surface area contributed by atoms with Crippen molar-refractivity contribution in [1.29, 1.82) is 0 Å². The second-order valence-corrected chi connectivity index (χ2v) is 5.52. The van der Waals surface area contributed by atoms with E-state index in [0.29, 0.717) is 23.2 Å². The van der Waals surface area contributed by atoms with E-state index in [1.165, 1.54) is 0 Å². The molecule has 5 heteroatoms. The van der Waals surface area contributed by atoms with Crippen LogP contribution in [0.1, 0.15) is 43.9 Å². The zero-order chi connectivity index (χ0) is 13.9. The van der Waals surface area contributed by atoms with Crippen molar-refractivity contribution in [3.63, 3.8) is 0 Å². The quantitative estimate of drug-likeness (QED) is 0.784. The van der Waals surface area contributed by atoms with Gasteiger partial charge in [-0.1, -0.05) is 29.6 Å². The lowest BCUT2D eigenvalue weighted by atomic mass is 9.99. The van der Waals surface area contributed by atoms with Gasteiger partial charge in [0, 0.05) is 17.0 Å². The number of aromatic nitrogens is 2. The van der Waals surface area contributed by atoms with Crippen LogP contribution in [0, 0.1) is 0 Å². The largest absolute Gasteiger partial charge is 0.338 e. The van der Waals surface area contributed by atoms with Gasteiger partial charge < -0.3 is 4.52 Å². The van der Waals surface area contributed by atoms with Gasteiger partial charge in [0.2, 0.25) is 11.7 Å². The van der Waals surface area contributed by atoms with Crippen molar-refractivity contribution < 1.29 is 9.32 Å². The number of halogens is 1. The third-order valence-corrected chi connectivity index (χ3v) is 3.90. The zero-order valence-corrected chi connectivity index (χ0v) is 11.8. The molecule has 0 radical (unpaired) electrons. The van der Waals surface area contributed by atoms with E-state index in [1.807, 2.05) is 12.1 Å². The molecule has 1 aromatic heterocycles. The second kappa shape index (κ2) is 5.75. The molecule has 0 bridgehead atoms. The minimum atomic E-state index is -0.231. The number of carbonyl (C=O) groups excluding carboxylic acids is 1. The second-order valence-electron chi connectivity index (χ2n) is 5.08.